The second-order valence-corrected chi connectivity index (χ2v) is 5.41. The van der Waals surface area contributed by atoms with E-state index in [9.17, 15) is 9.90 Å². The number of aliphatic hydroxyl groups is 1. The Morgan fingerprint density at radius 3 is 3.00 bits per heavy atom. The zero-order chi connectivity index (χ0) is 13.1. The Labute approximate surface area is 115 Å². The van der Waals surface area contributed by atoms with Crippen LogP contribution in [0.25, 0.3) is 0 Å². The number of carbonyl (C=O) groups excluding carboxylic acids is 1. The highest BCUT2D eigenvalue weighted by Gasteiger charge is 2.28. The minimum Gasteiger partial charge on any atom is -0.392 e. The maximum absolute atomic E-state index is 12.0. The molecule has 0 spiro atoms. The van der Waals surface area contributed by atoms with E-state index in [0.29, 0.717) is 13.0 Å². The predicted molar refractivity (Wildman–Crippen MR) is 74.6 cm³/mol. The van der Waals surface area contributed by atoms with E-state index in [1.165, 1.54) is 0 Å². The van der Waals surface area contributed by atoms with Crippen LogP contribution in [0, 0.1) is 0 Å². The standard InChI is InChI=1S/C13H17BrN2O2/c1-2-8-5-9(14)3-4-11(8)16-13(18)12-6-10(17)7-15-12/h3-5,10,12,15,17H,2,6-7H2,1H3,(H,16,18). The van der Waals surface area contributed by atoms with Gasteiger partial charge in [-0.05, 0) is 36.6 Å². The van der Waals surface area contributed by atoms with Gasteiger partial charge in [0.05, 0.1) is 12.1 Å². The molecule has 2 unspecified atom stereocenters. The average Bonchev–Trinajstić information content (AvgIpc) is 2.78. The van der Waals surface area contributed by atoms with Crippen LogP contribution in [-0.2, 0) is 11.2 Å². The first kappa shape index (κ1) is 13.5. The molecule has 2 atom stereocenters. The van der Waals surface area contributed by atoms with E-state index in [-0.39, 0.29) is 11.9 Å². The van der Waals surface area contributed by atoms with E-state index in [1.807, 2.05) is 18.2 Å². The highest BCUT2D eigenvalue weighted by Crippen LogP contribution is 2.22. The summed E-state index contributed by atoms with van der Waals surface area (Å²) in [7, 11) is 0. The quantitative estimate of drug-likeness (QED) is 0.795. The van der Waals surface area contributed by atoms with Gasteiger partial charge in [-0.15, -0.1) is 0 Å². The summed E-state index contributed by atoms with van der Waals surface area (Å²) in [5.74, 6) is -0.0800. The molecular weight excluding hydrogens is 296 g/mol. The second-order valence-electron chi connectivity index (χ2n) is 4.49. The van der Waals surface area contributed by atoms with Crippen LogP contribution in [0.2, 0.25) is 0 Å². The Morgan fingerprint density at radius 2 is 2.39 bits per heavy atom. The average molecular weight is 313 g/mol. The van der Waals surface area contributed by atoms with E-state index >= 15 is 0 Å². The van der Waals surface area contributed by atoms with Gasteiger partial charge in [0.2, 0.25) is 5.91 Å². The van der Waals surface area contributed by atoms with Crippen molar-refractivity contribution < 1.29 is 9.90 Å². The third kappa shape index (κ3) is 3.10. The van der Waals surface area contributed by atoms with Gasteiger partial charge < -0.3 is 15.7 Å². The van der Waals surface area contributed by atoms with Gasteiger partial charge in [0, 0.05) is 16.7 Å². The Kier molecular flexibility index (Phi) is 4.37. The summed E-state index contributed by atoms with van der Waals surface area (Å²) in [6.45, 7) is 2.54. The number of halogens is 1. The maximum Gasteiger partial charge on any atom is 0.241 e. The molecule has 1 aromatic rings. The first-order valence-corrected chi connectivity index (χ1v) is 6.90. The minimum atomic E-state index is -0.420. The molecular formula is C13H17BrN2O2. The molecule has 3 N–H and O–H groups in total. The Balaban J connectivity index is 2.07. The molecule has 1 aliphatic heterocycles. The Morgan fingerprint density at radius 1 is 1.61 bits per heavy atom. The largest absolute Gasteiger partial charge is 0.392 e. The molecule has 2 rings (SSSR count). The van der Waals surface area contributed by atoms with Crippen LogP contribution < -0.4 is 10.6 Å². The fourth-order valence-electron chi connectivity index (χ4n) is 2.11. The summed E-state index contributed by atoms with van der Waals surface area (Å²) in [5, 5.41) is 15.3. The first-order valence-electron chi connectivity index (χ1n) is 6.11. The smallest absolute Gasteiger partial charge is 0.241 e. The lowest BCUT2D eigenvalue weighted by Gasteiger charge is -2.14. The van der Waals surface area contributed by atoms with Crippen LogP contribution >= 0.6 is 15.9 Å². The van der Waals surface area contributed by atoms with Crippen molar-refractivity contribution in [3.05, 3.63) is 28.2 Å². The van der Waals surface area contributed by atoms with Crippen LogP contribution in [0.3, 0.4) is 0 Å². The Hall–Kier alpha value is -0.910. The molecule has 0 saturated carbocycles. The lowest BCUT2D eigenvalue weighted by atomic mass is 10.1. The SMILES string of the molecule is CCc1cc(Br)ccc1NC(=O)C1CC(O)CN1. The van der Waals surface area contributed by atoms with E-state index in [2.05, 4.69) is 33.5 Å². The molecule has 1 aromatic carbocycles. The maximum atomic E-state index is 12.0. The van der Waals surface area contributed by atoms with Gasteiger partial charge in [-0.2, -0.15) is 0 Å². The molecule has 1 heterocycles. The van der Waals surface area contributed by atoms with Crippen molar-refractivity contribution >= 4 is 27.5 Å². The molecule has 1 aliphatic rings. The van der Waals surface area contributed by atoms with Gasteiger partial charge in [0.1, 0.15) is 0 Å². The van der Waals surface area contributed by atoms with Crippen LogP contribution in [0.5, 0.6) is 0 Å². The summed E-state index contributed by atoms with van der Waals surface area (Å²) in [6, 6.07) is 5.51. The first-order chi connectivity index (χ1) is 8.60. The van der Waals surface area contributed by atoms with Crippen molar-refractivity contribution in [1.82, 2.24) is 5.32 Å². The number of aryl methyl sites for hydroxylation is 1. The highest BCUT2D eigenvalue weighted by molar-refractivity contribution is 9.10. The van der Waals surface area contributed by atoms with Gasteiger partial charge >= 0.3 is 0 Å². The number of carbonyl (C=O) groups is 1. The third-order valence-corrected chi connectivity index (χ3v) is 3.62. The number of hydrogen-bond acceptors (Lipinski definition) is 3. The number of anilines is 1. The highest BCUT2D eigenvalue weighted by atomic mass is 79.9. The molecule has 5 heteroatoms. The van der Waals surface area contributed by atoms with E-state index in [4.69, 9.17) is 0 Å². The van der Waals surface area contributed by atoms with Gasteiger partial charge in [0.15, 0.2) is 0 Å². The third-order valence-electron chi connectivity index (χ3n) is 3.13. The fraction of sp³-hybridized carbons (Fsp3) is 0.462. The monoisotopic (exact) mass is 312 g/mol. The molecule has 0 bridgehead atoms. The number of rotatable bonds is 3. The molecule has 1 fully saturated rings. The number of aliphatic hydroxyl groups excluding tert-OH is 1. The zero-order valence-electron chi connectivity index (χ0n) is 10.2. The summed E-state index contributed by atoms with van der Waals surface area (Å²) in [6.07, 6.45) is 0.913. The van der Waals surface area contributed by atoms with E-state index in [1.54, 1.807) is 0 Å². The number of benzene rings is 1. The van der Waals surface area contributed by atoms with Crippen molar-refractivity contribution in [1.29, 1.82) is 0 Å². The van der Waals surface area contributed by atoms with Gasteiger partial charge in [-0.3, -0.25) is 4.79 Å². The minimum absolute atomic E-state index is 0.0800. The van der Waals surface area contributed by atoms with Crippen molar-refractivity contribution in [2.24, 2.45) is 0 Å². The molecule has 18 heavy (non-hydrogen) atoms. The molecule has 4 nitrogen and oxygen atoms in total. The van der Waals surface area contributed by atoms with Crippen molar-refractivity contribution in [2.75, 3.05) is 11.9 Å². The van der Waals surface area contributed by atoms with Gasteiger partial charge in [0.25, 0.3) is 0 Å². The topological polar surface area (TPSA) is 61.4 Å². The number of nitrogens with one attached hydrogen (secondary N) is 2. The molecule has 1 amide bonds. The molecule has 98 valence electrons. The van der Waals surface area contributed by atoms with E-state index < -0.39 is 6.10 Å². The second kappa shape index (κ2) is 5.82. The lowest BCUT2D eigenvalue weighted by molar-refractivity contribution is -0.117. The van der Waals surface area contributed by atoms with Crippen LogP contribution in [0.1, 0.15) is 18.9 Å². The van der Waals surface area contributed by atoms with Gasteiger partial charge in [-0.25, -0.2) is 0 Å². The Bertz CT molecular complexity index is 451. The molecule has 0 aromatic heterocycles. The summed E-state index contributed by atoms with van der Waals surface area (Å²) in [4.78, 5) is 12.0. The molecule has 0 radical (unpaired) electrons. The zero-order valence-corrected chi connectivity index (χ0v) is 11.8. The van der Waals surface area contributed by atoms with Crippen molar-refractivity contribution in [2.45, 2.75) is 31.9 Å². The number of hydrogen-bond donors (Lipinski definition) is 3. The molecule has 0 aliphatic carbocycles. The summed E-state index contributed by atoms with van der Waals surface area (Å²) in [5.41, 5.74) is 1.94. The van der Waals surface area contributed by atoms with Crippen molar-refractivity contribution in [3.8, 4) is 0 Å². The lowest BCUT2D eigenvalue weighted by Crippen LogP contribution is -2.35. The van der Waals surface area contributed by atoms with E-state index in [0.717, 1.165) is 22.1 Å². The number of β-amino-alcohol motifs (C(OH)–C–C–N with tert-alkyl or cyclic N) is 1. The van der Waals surface area contributed by atoms with Crippen LogP contribution in [0.15, 0.2) is 22.7 Å². The van der Waals surface area contributed by atoms with Crippen LogP contribution in [-0.4, -0.2) is 29.7 Å². The fourth-order valence-corrected chi connectivity index (χ4v) is 2.52. The van der Waals surface area contributed by atoms with Gasteiger partial charge in [-0.1, -0.05) is 22.9 Å². The predicted octanol–water partition coefficient (Wildman–Crippen LogP) is 1.67. The summed E-state index contributed by atoms with van der Waals surface area (Å²) >= 11 is 3.42. The molecule has 1 saturated heterocycles. The normalized spacial score (nSPS) is 23.1. The number of amides is 1. The van der Waals surface area contributed by atoms with Crippen molar-refractivity contribution in [3.63, 3.8) is 0 Å². The summed E-state index contributed by atoms with van der Waals surface area (Å²) < 4.78 is 1.01. The van der Waals surface area contributed by atoms with Crippen LogP contribution in [0.4, 0.5) is 5.69 Å².